The summed E-state index contributed by atoms with van der Waals surface area (Å²) in [5, 5.41) is 11.8. The lowest BCUT2D eigenvalue weighted by Crippen LogP contribution is -2.56. The number of ketones is 1. The third-order valence-corrected chi connectivity index (χ3v) is 10.0. The molecule has 5 rings (SSSR count). The minimum absolute atomic E-state index is 0.0207. The number of benzene rings is 1. The van der Waals surface area contributed by atoms with Gasteiger partial charge in [0.25, 0.3) is 0 Å². The zero-order chi connectivity index (χ0) is 20.3. The van der Waals surface area contributed by atoms with Crippen LogP contribution in [0.2, 0.25) is 0 Å². The third-order valence-electron chi connectivity index (χ3n) is 10.0. The zero-order valence-electron chi connectivity index (χ0n) is 18.1. The summed E-state index contributed by atoms with van der Waals surface area (Å²) in [6, 6.07) is 10.4. The van der Waals surface area contributed by atoms with Crippen molar-refractivity contribution >= 4 is 11.9 Å². The molecule has 7 atom stereocenters. The number of aliphatic hydroxyl groups is 1. The van der Waals surface area contributed by atoms with Gasteiger partial charge in [0, 0.05) is 18.3 Å². The van der Waals surface area contributed by atoms with Crippen LogP contribution in [0.5, 0.6) is 0 Å². The van der Waals surface area contributed by atoms with E-state index >= 15 is 0 Å². The largest absolute Gasteiger partial charge is 0.385 e. The standard InChI is InChI=1S/C27H36O2/c1-25-14-11-21(28)18-20(25)8-9-22-23(25)12-15-26(2)24(22)13-17-27(26,29)16-10-19-6-4-3-5-7-19/h3-7,10,16,20,22-24,29H,8-9,11-15,17-18H2,1-2H3/t20?,22?,23?,24?,25?,26?,27-/m0/s1. The molecule has 4 aliphatic rings. The molecule has 0 heterocycles. The van der Waals surface area contributed by atoms with Crippen LogP contribution in [0.4, 0.5) is 0 Å². The number of rotatable bonds is 2. The van der Waals surface area contributed by atoms with Crippen molar-refractivity contribution in [1.29, 1.82) is 0 Å². The minimum atomic E-state index is -0.696. The highest BCUT2D eigenvalue weighted by atomic mass is 16.3. The van der Waals surface area contributed by atoms with Crippen LogP contribution in [0.1, 0.15) is 77.2 Å². The highest BCUT2D eigenvalue weighted by Crippen LogP contribution is 2.68. The average Bonchev–Trinajstić information content (AvgIpc) is 2.99. The summed E-state index contributed by atoms with van der Waals surface area (Å²) in [4.78, 5) is 12.1. The molecule has 0 saturated heterocycles. The Hall–Kier alpha value is -1.41. The van der Waals surface area contributed by atoms with Crippen molar-refractivity contribution < 1.29 is 9.90 Å². The van der Waals surface area contributed by atoms with Crippen LogP contribution < -0.4 is 0 Å². The van der Waals surface area contributed by atoms with Crippen molar-refractivity contribution in [3.63, 3.8) is 0 Å². The van der Waals surface area contributed by atoms with E-state index in [1.807, 2.05) is 6.07 Å². The highest BCUT2D eigenvalue weighted by Gasteiger charge is 2.63. The Morgan fingerprint density at radius 2 is 1.72 bits per heavy atom. The predicted molar refractivity (Wildman–Crippen MR) is 117 cm³/mol. The first-order chi connectivity index (χ1) is 13.9. The van der Waals surface area contributed by atoms with Crippen LogP contribution in [-0.4, -0.2) is 16.5 Å². The molecule has 0 amide bonds. The van der Waals surface area contributed by atoms with E-state index in [1.165, 1.54) is 24.8 Å². The molecule has 0 radical (unpaired) electrons. The second kappa shape index (κ2) is 6.80. The van der Waals surface area contributed by atoms with Gasteiger partial charge in [-0.05, 0) is 79.6 Å². The first kappa shape index (κ1) is 19.5. The Morgan fingerprint density at radius 1 is 0.966 bits per heavy atom. The normalized spacial score (nSPS) is 46.9. The summed E-state index contributed by atoms with van der Waals surface area (Å²) < 4.78 is 0. The fourth-order valence-electron chi connectivity index (χ4n) is 8.17. The van der Waals surface area contributed by atoms with Crippen molar-refractivity contribution in [2.24, 2.45) is 34.5 Å². The van der Waals surface area contributed by atoms with Gasteiger partial charge in [-0.3, -0.25) is 4.79 Å². The van der Waals surface area contributed by atoms with Gasteiger partial charge in [0.1, 0.15) is 5.78 Å². The molecule has 0 aliphatic heterocycles. The van der Waals surface area contributed by atoms with E-state index in [2.05, 4.69) is 50.3 Å². The number of carbonyl (C=O) groups excluding carboxylic acids is 1. The zero-order valence-corrected chi connectivity index (χ0v) is 18.1. The molecule has 29 heavy (non-hydrogen) atoms. The Labute approximate surface area is 175 Å². The third kappa shape index (κ3) is 2.89. The number of hydrogen-bond donors (Lipinski definition) is 1. The number of Topliss-reactive ketones (excluding diaryl/α,β-unsaturated/α-hetero) is 1. The van der Waals surface area contributed by atoms with Crippen LogP contribution in [-0.2, 0) is 4.79 Å². The van der Waals surface area contributed by atoms with Gasteiger partial charge >= 0.3 is 0 Å². The van der Waals surface area contributed by atoms with Gasteiger partial charge in [0.15, 0.2) is 0 Å². The lowest BCUT2D eigenvalue weighted by Gasteiger charge is -2.60. The van der Waals surface area contributed by atoms with Gasteiger partial charge in [-0.2, -0.15) is 0 Å². The van der Waals surface area contributed by atoms with Gasteiger partial charge in [-0.15, -0.1) is 0 Å². The maximum absolute atomic E-state index is 12.1. The summed E-state index contributed by atoms with van der Waals surface area (Å²) in [6.45, 7) is 4.87. The Kier molecular flexibility index (Phi) is 4.59. The van der Waals surface area contributed by atoms with E-state index in [1.54, 1.807) is 0 Å². The van der Waals surface area contributed by atoms with Crippen LogP contribution in [0, 0.1) is 34.5 Å². The van der Waals surface area contributed by atoms with Crippen molar-refractivity contribution in [2.75, 3.05) is 0 Å². The predicted octanol–water partition coefficient (Wildman–Crippen LogP) is 6.04. The van der Waals surface area contributed by atoms with Crippen molar-refractivity contribution in [2.45, 2.75) is 77.2 Å². The first-order valence-corrected chi connectivity index (χ1v) is 11.8. The summed E-state index contributed by atoms with van der Waals surface area (Å²) >= 11 is 0. The molecule has 4 saturated carbocycles. The Morgan fingerprint density at radius 3 is 2.52 bits per heavy atom. The quantitative estimate of drug-likeness (QED) is 0.666. The van der Waals surface area contributed by atoms with E-state index in [0.717, 1.165) is 50.4 Å². The molecule has 1 aromatic rings. The van der Waals surface area contributed by atoms with Crippen LogP contribution in [0.15, 0.2) is 36.4 Å². The van der Waals surface area contributed by atoms with Crippen LogP contribution >= 0.6 is 0 Å². The lowest BCUT2D eigenvalue weighted by atomic mass is 9.44. The van der Waals surface area contributed by atoms with Crippen LogP contribution in [0.3, 0.4) is 0 Å². The molecule has 0 aromatic heterocycles. The molecule has 2 heteroatoms. The monoisotopic (exact) mass is 392 g/mol. The maximum atomic E-state index is 12.1. The molecular weight excluding hydrogens is 356 g/mol. The number of fused-ring (bicyclic) bond motifs is 5. The molecule has 1 aromatic carbocycles. The van der Waals surface area contributed by atoms with E-state index in [4.69, 9.17) is 0 Å². The molecule has 0 spiro atoms. The maximum Gasteiger partial charge on any atom is 0.133 e. The molecular formula is C27H36O2. The highest BCUT2D eigenvalue weighted by molar-refractivity contribution is 5.79. The summed E-state index contributed by atoms with van der Waals surface area (Å²) in [5.74, 6) is 3.18. The smallest absolute Gasteiger partial charge is 0.133 e. The van der Waals surface area contributed by atoms with Gasteiger partial charge in [0.2, 0.25) is 0 Å². The van der Waals surface area contributed by atoms with Crippen LogP contribution in [0.25, 0.3) is 6.08 Å². The molecule has 4 aliphatic carbocycles. The molecule has 2 nitrogen and oxygen atoms in total. The molecule has 0 bridgehead atoms. The number of hydrogen-bond acceptors (Lipinski definition) is 2. The fraction of sp³-hybridized carbons (Fsp3) is 0.667. The average molecular weight is 393 g/mol. The SMILES string of the molecule is CC12CCC(=O)CC1CCC1C2CCC2(C)C1CC[C@@]2(O)C=Cc1ccccc1. The molecule has 156 valence electrons. The second-order valence-corrected chi connectivity index (χ2v) is 11.1. The second-order valence-electron chi connectivity index (χ2n) is 11.1. The molecule has 4 fully saturated rings. The summed E-state index contributed by atoms with van der Waals surface area (Å²) in [5.41, 5.74) is 0.798. The van der Waals surface area contributed by atoms with Gasteiger partial charge in [0.05, 0.1) is 5.60 Å². The summed E-state index contributed by atoms with van der Waals surface area (Å²) in [6.07, 6.45) is 13.8. The van der Waals surface area contributed by atoms with Gasteiger partial charge < -0.3 is 5.11 Å². The molecule has 1 N–H and O–H groups in total. The molecule has 6 unspecified atom stereocenters. The Balaban J connectivity index is 1.41. The van der Waals surface area contributed by atoms with Crippen molar-refractivity contribution in [3.05, 3.63) is 42.0 Å². The summed E-state index contributed by atoms with van der Waals surface area (Å²) in [7, 11) is 0. The topological polar surface area (TPSA) is 37.3 Å². The fourth-order valence-corrected chi connectivity index (χ4v) is 8.17. The lowest BCUT2D eigenvalue weighted by molar-refractivity contribution is -0.148. The minimum Gasteiger partial charge on any atom is -0.385 e. The van der Waals surface area contributed by atoms with Crippen molar-refractivity contribution in [3.8, 4) is 0 Å². The van der Waals surface area contributed by atoms with E-state index in [-0.39, 0.29) is 5.41 Å². The van der Waals surface area contributed by atoms with Gasteiger partial charge in [-0.25, -0.2) is 0 Å². The first-order valence-electron chi connectivity index (χ1n) is 11.8. The number of carbonyl (C=O) groups is 1. The van der Waals surface area contributed by atoms with E-state index < -0.39 is 5.60 Å². The Bertz CT molecular complexity index is 813. The van der Waals surface area contributed by atoms with Crippen molar-refractivity contribution in [1.82, 2.24) is 0 Å². The van der Waals surface area contributed by atoms with Gasteiger partial charge in [-0.1, -0.05) is 56.3 Å². The van der Waals surface area contributed by atoms with E-state index in [9.17, 15) is 9.90 Å². The van der Waals surface area contributed by atoms with E-state index in [0.29, 0.717) is 23.0 Å².